The first-order chi connectivity index (χ1) is 6.81. The Balaban J connectivity index is 0. The predicted molar refractivity (Wildman–Crippen MR) is 59.0 cm³/mol. The van der Waals surface area contributed by atoms with E-state index in [4.69, 9.17) is 0 Å². The molecule has 0 fully saturated rings. The Bertz CT molecular complexity index is 132. The van der Waals surface area contributed by atoms with Gasteiger partial charge < -0.3 is 0 Å². The molecule has 0 aromatic rings. The molecule has 94 valence electrons. The zero-order valence-corrected chi connectivity index (χ0v) is 10.5. The highest BCUT2D eigenvalue weighted by Gasteiger charge is 2.28. The first-order valence-electron chi connectivity index (χ1n) is 5.56. The van der Waals surface area contributed by atoms with E-state index in [-0.39, 0.29) is 0 Å². The largest absolute Gasteiger partial charge is 0.401 e. The van der Waals surface area contributed by atoms with Crippen LogP contribution in [0.1, 0.15) is 40.5 Å². The summed E-state index contributed by atoms with van der Waals surface area (Å²) >= 11 is 0. The first kappa shape index (κ1) is 17.2. The maximum Gasteiger partial charge on any atom is 0.401 e. The summed E-state index contributed by atoms with van der Waals surface area (Å²) in [5.41, 5.74) is 0. The van der Waals surface area contributed by atoms with Gasteiger partial charge in [-0.1, -0.05) is 27.7 Å². The van der Waals surface area contributed by atoms with Gasteiger partial charge in [0.2, 0.25) is 0 Å². The molecule has 0 rings (SSSR count). The third-order valence-electron chi connectivity index (χ3n) is 1.77. The van der Waals surface area contributed by atoms with E-state index in [1.165, 1.54) is 11.9 Å². The molecule has 0 aliphatic carbocycles. The van der Waals surface area contributed by atoms with Gasteiger partial charge in [0, 0.05) is 0 Å². The van der Waals surface area contributed by atoms with Gasteiger partial charge in [-0.25, -0.2) is 0 Å². The molecular formula is C11H24F3N. The predicted octanol–water partition coefficient (Wildman–Crippen LogP) is 3.94. The molecule has 0 heterocycles. The van der Waals surface area contributed by atoms with E-state index in [1.54, 1.807) is 0 Å². The molecule has 0 aromatic carbocycles. The van der Waals surface area contributed by atoms with Crippen LogP contribution in [-0.4, -0.2) is 31.2 Å². The molecule has 0 bridgehead atoms. The van der Waals surface area contributed by atoms with Crippen molar-refractivity contribution in [2.75, 3.05) is 20.1 Å². The molecule has 0 aromatic heterocycles. The van der Waals surface area contributed by atoms with Crippen molar-refractivity contribution in [2.45, 2.75) is 46.7 Å². The maximum absolute atomic E-state index is 11.9. The van der Waals surface area contributed by atoms with Gasteiger partial charge in [0.1, 0.15) is 0 Å². The van der Waals surface area contributed by atoms with Gasteiger partial charge in [-0.2, -0.15) is 13.2 Å². The van der Waals surface area contributed by atoms with Gasteiger partial charge in [-0.3, -0.25) is 4.90 Å². The van der Waals surface area contributed by atoms with Gasteiger partial charge in [-0.05, 0) is 32.4 Å². The maximum atomic E-state index is 11.9. The summed E-state index contributed by atoms with van der Waals surface area (Å²) in [5, 5.41) is 0. The van der Waals surface area contributed by atoms with Crippen molar-refractivity contribution < 1.29 is 13.2 Å². The van der Waals surface area contributed by atoms with Gasteiger partial charge in [0.25, 0.3) is 0 Å². The van der Waals surface area contributed by atoms with Crippen LogP contribution in [0.15, 0.2) is 0 Å². The number of halogens is 3. The number of hydrogen-bond donors (Lipinski definition) is 0. The zero-order chi connectivity index (χ0) is 12.5. The molecule has 0 saturated heterocycles. The molecule has 4 heteroatoms. The second-order valence-electron chi connectivity index (χ2n) is 3.89. The Morgan fingerprint density at radius 1 is 1.13 bits per heavy atom. The number of hydrogen-bond acceptors (Lipinski definition) is 1. The van der Waals surface area contributed by atoms with E-state index < -0.39 is 12.7 Å². The summed E-state index contributed by atoms with van der Waals surface area (Å²) in [6.07, 6.45) is -2.24. The van der Waals surface area contributed by atoms with E-state index in [0.29, 0.717) is 12.5 Å². The summed E-state index contributed by atoms with van der Waals surface area (Å²) < 4.78 is 35.6. The van der Waals surface area contributed by atoms with Crippen molar-refractivity contribution in [3.63, 3.8) is 0 Å². The van der Waals surface area contributed by atoms with Crippen LogP contribution in [0.5, 0.6) is 0 Å². The van der Waals surface area contributed by atoms with Crippen LogP contribution in [0.4, 0.5) is 13.2 Å². The molecule has 0 spiro atoms. The molecule has 0 radical (unpaired) electrons. The van der Waals surface area contributed by atoms with Crippen LogP contribution in [-0.2, 0) is 0 Å². The average molecular weight is 227 g/mol. The Kier molecular flexibility index (Phi) is 10.3. The minimum atomic E-state index is -4.06. The quantitative estimate of drug-likeness (QED) is 0.687. The molecule has 0 aliphatic heterocycles. The molecule has 0 saturated carbocycles. The van der Waals surface area contributed by atoms with E-state index in [9.17, 15) is 13.2 Å². The fraction of sp³-hybridized carbons (Fsp3) is 1.00. The lowest BCUT2D eigenvalue weighted by Crippen LogP contribution is -2.31. The second kappa shape index (κ2) is 9.01. The van der Waals surface area contributed by atoms with Crippen molar-refractivity contribution in [3.05, 3.63) is 0 Å². The highest BCUT2D eigenvalue weighted by molar-refractivity contribution is 4.59. The third kappa shape index (κ3) is 16.4. The molecule has 15 heavy (non-hydrogen) atoms. The van der Waals surface area contributed by atoms with E-state index in [1.807, 2.05) is 13.8 Å². The normalized spacial score (nSPS) is 11.6. The Labute approximate surface area is 91.7 Å². The highest BCUT2D eigenvalue weighted by Crippen LogP contribution is 2.16. The van der Waals surface area contributed by atoms with Crippen LogP contribution in [0.2, 0.25) is 0 Å². The van der Waals surface area contributed by atoms with Crippen molar-refractivity contribution in [3.8, 4) is 0 Å². The van der Waals surface area contributed by atoms with Crippen molar-refractivity contribution in [1.82, 2.24) is 4.90 Å². The van der Waals surface area contributed by atoms with Crippen molar-refractivity contribution in [2.24, 2.45) is 5.92 Å². The lowest BCUT2D eigenvalue weighted by Gasteiger charge is -2.18. The molecule has 0 atom stereocenters. The van der Waals surface area contributed by atoms with Crippen LogP contribution in [0.25, 0.3) is 0 Å². The van der Waals surface area contributed by atoms with Gasteiger partial charge in [-0.15, -0.1) is 0 Å². The summed E-state index contributed by atoms with van der Waals surface area (Å²) in [6, 6.07) is 0. The number of alkyl halides is 3. The molecule has 0 unspecified atom stereocenters. The molecule has 0 aliphatic rings. The Morgan fingerprint density at radius 2 is 1.60 bits per heavy atom. The van der Waals surface area contributed by atoms with E-state index in [0.717, 1.165) is 12.8 Å². The van der Waals surface area contributed by atoms with Crippen molar-refractivity contribution in [1.29, 1.82) is 0 Å². The summed E-state index contributed by atoms with van der Waals surface area (Å²) in [5.74, 6) is 0.569. The van der Waals surface area contributed by atoms with E-state index in [2.05, 4.69) is 13.8 Å². The Morgan fingerprint density at radius 3 is 1.93 bits per heavy atom. The molecule has 0 N–H and O–H groups in total. The topological polar surface area (TPSA) is 3.24 Å². The molecular weight excluding hydrogens is 203 g/mol. The second-order valence-corrected chi connectivity index (χ2v) is 3.89. The van der Waals surface area contributed by atoms with Crippen LogP contribution >= 0.6 is 0 Å². The molecule has 1 nitrogen and oxygen atoms in total. The lowest BCUT2D eigenvalue weighted by molar-refractivity contribution is -0.143. The summed E-state index contributed by atoms with van der Waals surface area (Å²) in [7, 11) is 1.51. The smallest absolute Gasteiger partial charge is 0.298 e. The van der Waals surface area contributed by atoms with Gasteiger partial charge >= 0.3 is 6.18 Å². The number of rotatable bonds is 5. The van der Waals surface area contributed by atoms with Crippen LogP contribution in [0, 0.1) is 5.92 Å². The monoisotopic (exact) mass is 227 g/mol. The van der Waals surface area contributed by atoms with Crippen LogP contribution < -0.4 is 0 Å². The summed E-state index contributed by atoms with van der Waals surface area (Å²) in [6.45, 7) is 7.87. The zero-order valence-electron chi connectivity index (χ0n) is 10.5. The first-order valence-corrected chi connectivity index (χ1v) is 5.56. The minimum Gasteiger partial charge on any atom is -0.298 e. The SMILES string of the molecule is CC.CC(C)CCCN(C)CC(F)(F)F. The minimum absolute atomic E-state index is 0.525. The highest BCUT2D eigenvalue weighted by atomic mass is 19.4. The summed E-state index contributed by atoms with van der Waals surface area (Å²) in [4.78, 5) is 1.32. The van der Waals surface area contributed by atoms with Gasteiger partial charge in [0.15, 0.2) is 0 Å². The third-order valence-corrected chi connectivity index (χ3v) is 1.77. The lowest BCUT2D eigenvalue weighted by atomic mass is 10.1. The number of nitrogens with zero attached hydrogens (tertiary/aromatic N) is 1. The van der Waals surface area contributed by atoms with Crippen molar-refractivity contribution >= 4 is 0 Å². The fourth-order valence-corrected chi connectivity index (χ4v) is 1.15. The standard InChI is InChI=1S/C9H18F3N.C2H6/c1-8(2)5-4-6-13(3)7-9(10,11)12;1-2/h8H,4-7H2,1-3H3;1-2H3. The fourth-order valence-electron chi connectivity index (χ4n) is 1.15. The van der Waals surface area contributed by atoms with E-state index >= 15 is 0 Å². The Hall–Kier alpha value is -0.250. The molecule has 0 amide bonds. The van der Waals surface area contributed by atoms with Crippen LogP contribution in [0.3, 0.4) is 0 Å². The van der Waals surface area contributed by atoms with Gasteiger partial charge in [0.05, 0.1) is 6.54 Å². The average Bonchev–Trinajstić information content (AvgIpc) is 2.03.